The number of halogens is 3. The molecule has 0 amide bonds. The summed E-state index contributed by atoms with van der Waals surface area (Å²) >= 11 is 15.1. The number of benzene rings is 1. The summed E-state index contributed by atoms with van der Waals surface area (Å²) in [5.74, 6) is 2.05. The summed E-state index contributed by atoms with van der Waals surface area (Å²) in [7, 11) is 1.61. The molecule has 2 aromatic rings. The number of ether oxygens (including phenoxy) is 2. The Morgan fingerprint density at radius 3 is 2.68 bits per heavy atom. The van der Waals surface area contributed by atoms with Gasteiger partial charge in [-0.05, 0) is 40.2 Å². The van der Waals surface area contributed by atoms with Crippen molar-refractivity contribution in [2.24, 2.45) is 0 Å². The van der Waals surface area contributed by atoms with Crippen LogP contribution in [0.25, 0.3) is 0 Å². The van der Waals surface area contributed by atoms with E-state index in [1.807, 2.05) is 6.07 Å². The summed E-state index contributed by atoms with van der Waals surface area (Å²) in [5.41, 5.74) is 0.588. The second kappa shape index (κ2) is 6.46. The molecule has 0 saturated carbocycles. The van der Waals surface area contributed by atoms with Gasteiger partial charge in [0.05, 0.1) is 28.2 Å². The summed E-state index contributed by atoms with van der Waals surface area (Å²) < 4.78 is 11.6. The molecule has 0 spiro atoms. The predicted octanol–water partition coefficient (Wildman–Crippen LogP) is 5.04. The largest absolute Gasteiger partial charge is 0.497 e. The Kier molecular flexibility index (Phi) is 4.91. The average Bonchev–Trinajstić information content (AvgIpc) is 2.43. The Morgan fingerprint density at radius 2 is 2.05 bits per heavy atom. The van der Waals surface area contributed by atoms with Crippen LogP contribution in [0.3, 0.4) is 0 Å². The Balaban J connectivity index is 2.26. The Hall–Kier alpha value is -0.970. The highest BCUT2D eigenvalue weighted by molar-refractivity contribution is 9.10. The van der Waals surface area contributed by atoms with Crippen molar-refractivity contribution in [3.8, 4) is 17.4 Å². The summed E-state index contributed by atoms with van der Waals surface area (Å²) in [6, 6.07) is 8.81. The number of hydrogen-bond donors (Lipinski definition) is 0. The van der Waals surface area contributed by atoms with Gasteiger partial charge in [0.15, 0.2) is 0 Å². The van der Waals surface area contributed by atoms with Gasteiger partial charge in [0.1, 0.15) is 11.5 Å². The molecule has 0 unspecified atom stereocenters. The van der Waals surface area contributed by atoms with E-state index in [2.05, 4.69) is 20.9 Å². The summed E-state index contributed by atoms with van der Waals surface area (Å²) in [6.45, 7) is 0. The quantitative estimate of drug-likeness (QED) is 0.714. The number of methoxy groups -OCH3 is 1. The summed E-state index contributed by atoms with van der Waals surface area (Å²) in [5, 5.41) is 0.524. The Labute approximate surface area is 129 Å². The molecule has 0 fully saturated rings. The van der Waals surface area contributed by atoms with Crippen LogP contribution in [0.4, 0.5) is 0 Å². The molecule has 0 N–H and O–H groups in total. The zero-order valence-corrected chi connectivity index (χ0v) is 13.1. The van der Waals surface area contributed by atoms with Crippen LogP contribution in [0, 0.1) is 0 Å². The van der Waals surface area contributed by atoms with Crippen LogP contribution in [-0.2, 0) is 5.88 Å². The normalized spacial score (nSPS) is 10.3. The first-order valence-electron chi connectivity index (χ1n) is 5.37. The number of alkyl halides is 1. The van der Waals surface area contributed by atoms with E-state index in [0.29, 0.717) is 22.3 Å². The van der Waals surface area contributed by atoms with E-state index in [-0.39, 0.29) is 5.88 Å². The number of rotatable bonds is 4. The maximum absolute atomic E-state index is 5.94. The first kappa shape index (κ1) is 14.4. The minimum Gasteiger partial charge on any atom is -0.497 e. The van der Waals surface area contributed by atoms with Crippen molar-refractivity contribution in [3.05, 3.63) is 45.5 Å². The highest BCUT2D eigenvalue weighted by Gasteiger charge is 2.08. The first-order chi connectivity index (χ1) is 9.13. The monoisotopic (exact) mass is 361 g/mol. The predicted molar refractivity (Wildman–Crippen MR) is 79.6 cm³/mol. The third-order valence-corrected chi connectivity index (χ3v) is 3.59. The number of pyridine rings is 1. The molecule has 0 aliphatic carbocycles. The fourth-order valence-corrected chi connectivity index (χ4v) is 2.30. The smallest absolute Gasteiger partial charge is 0.219 e. The van der Waals surface area contributed by atoms with Gasteiger partial charge in [-0.2, -0.15) is 0 Å². The Morgan fingerprint density at radius 1 is 1.26 bits per heavy atom. The molecule has 0 aliphatic rings. The molecular formula is C13H10BrCl2NO2. The number of hydrogen-bond acceptors (Lipinski definition) is 3. The highest BCUT2D eigenvalue weighted by Crippen LogP contribution is 2.32. The zero-order chi connectivity index (χ0) is 13.8. The lowest BCUT2D eigenvalue weighted by Crippen LogP contribution is -1.93. The third-order valence-electron chi connectivity index (χ3n) is 2.37. The molecule has 0 saturated heterocycles. The topological polar surface area (TPSA) is 31.4 Å². The van der Waals surface area contributed by atoms with Crippen LogP contribution in [-0.4, -0.2) is 12.1 Å². The van der Waals surface area contributed by atoms with Crippen molar-refractivity contribution in [3.63, 3.8) is 0 Å². The van der Waals surface area contributed by atoms with Gasteiger partial charge in [-0.3, -0.25) is 0 Å². The van der Waals surface area contributed by atoms with Gasteiger partial charge in [0.2, 0.25) is 5.88 Å². The molecule has 100 valence electrons. The van der Waals surface area contributed by atoms with Gasteiger partial charge >= 0.3 is 0 Å². The molecule has 1 heterocycles. The Bertz CT molecular complexity index is 593. The van der Waals surface area contributed by atoms with Gasteiger partial charge in [0, 0.05) is 6.07 Å². The fourth-order valence-electron chi connectivity index (χ4n) is 1.42. The van der Waals surface area contributed by atoms with Crippen LogP contribution in [0.5, 0.6) is 17.4 Å². The molecule has 0 aliphatic heterocycles. The molecule has 1 aromatic carbocycles. The van der Waals surface area contributed by atoms with Gasteiger partial charge in [0.25, 0.3) is 0 Å². The fraction of sp³-hybridized carbons (Fsp3) is 0.154. The first-order valence-corrected chi connectivity index (χ1v) is 7.07. The molecule has 6 heteroatoms. The van der Waals surface area contributed by atoms with Crippen molar-refractivity contribution in [2.75, 3.05) is 7.11 Å². The van der Waals surface area contributed by atoms with Crippen molar-refractivity contribution in [1.82, 2.24) is 4.98 Å². The van der Waals surface area contributed by atoms with Crippen LogP contribution in [0.2, 0.25) is 5.02 Å². The van der Waals surface area contributed by atoms with Crippen molar-refractivity contribution >= 4 is 39.1 Å². The summed E-state index contributed by atoms with van der Waals surface area (Å²) in [4.78, 5) is 4.23. The molecular weight excluding hydrogens is 353 g/mol. The van der Waals surface area contributed by atoms with Crippen LogP contribution >= 0.6 is 39.1 Å². The molecule has 0 bridgehead atoms. The second-order valence-electron chi connectivity index (χ2n) is 3.61. The van der Waals surface area contributed by atoms with Gasteiger partial charge < -0.3 is 9.47 Å². The van der Waals surface area contributed by atoms with E-state index in [9.17, 15) is 0 Å². The van der Waals surface area contributed by atoms with Crippen molar-refractivity contribution in [1.29, 1.82) is 0 Å². The minimum absolute atomic E-state index is 0.236. The lowest BCUT2D eigenvalue weighted by molar-refractivity contribution is 0.411. The number of aromatic nitrogens is 1. The lowest BCUT2D eigenvalue weighted by Gasteiger charge is -2.09. The highest BCUT2D eigenvalue weighted by atomic mass is 79.9. The number of nitrogens with zero attached hydrogens (tertiary/aromatic N) is 1. The van der Waals surface area contributed by atoms with E-state index in [1.165, 1.54) is 0 Å². The maximum atomic E-state index is 5.94. The van der Waals surface area contributed by atoms with Crippen LogP contribution in [0.1, 0.15) is 5.69 Å². The van der Waals surface area contributed by atoms with E-state index in [1.54, 1.807) is 31.4 Å². The molecule has 3 nitrogen and oxygen atoms in total. The standard InChI is InChI=1S/C13H10BrCl2NO2/c1-18-8-2-4-12(9(14)6-8)19-13-5-3-10(16)11(7-15)17-13/h2-6H,7H2,1H3. The van der Waals surface area contributed by atoms with E-state index >= 15 is 0 Å². The third kappa shape index (κ3) is 3.53. The maximum Gasteiger partial charge on any atom is 0.219 e. The van der Waals surface area contributed by atoms with Gasteiger partial charge in [-0.1, -0.05) is 11.6 Å². The second-order valence-corrected chi connectivity index (χ2v) is 5.14. The zero-order valence-electron chi connectivity index (χ0n) is 9.99. The van der Waals surface area contributed by atoms with Crippen LogP contribution < -0.4 is 9.47 Å². The molecule has 0 atom stereocenters. The minimum atomic E-state index is 0.236. The average molecular weight is 363 g/mol. The van der Waals surface area contributed by atoms with Gasteiger partial charge in [-0.25, -0.2) is 4.98 Å². The van der Waals surface area contributed by atoms with E-state index < -0.39 is 0 Å². The summed E-state index contributed by atoms with van der Waals surface area (Å²) in [6.07, 6.45) is 0. The van der Waals surface area contributed by atoms with Crippen molar-refractivity contribution in [2.45, 2.75) is 5.88 Å². The SMILES string of the molecule is COc1ccc(Oc2ccc(Cl)c(CCl)n2)c(Br)c1. The van der Waals surface area contributed by atoms with E-state index in [0.717, 1.165) is 10.2 Å². The molecule has 0 radical (unpaired) electrons. The molecule has 1 aromatic heterocycles. The van der Waals surface area contributed by atoms with Crippen molar-refractivity contribution < 1.29 is 9.47 Å². The molecule has 2 rings (SSSR count). The van der Waals surface area contributed by atoms with E-state index in [4.69, 9.17) is 32.7 Å². The van der Waals surface area contributed by atoms with Gasteiger partial charge in [-0.15, -0.1) is 11.6 Å². The van der Waals surface area contributed by atoms with Crippen LogP contribution in [0.15, 0.2) is 34.8 Å². The molecule has 19 heavy (non-hydrogen) atoms. The lowest BCUT2D eigenvalue weighted by atomic mass is 10.3.